The molecule has 0 atom stereocenters. The first-order chi connectivity index (χ1) is 8.17. The monoisotopic (exact) mass is 238 g/mol. The summed E-state index contributed by atoms with van der Waals surface area (Å²) >= 11 is 0. The lowest BCUT2D eigenvalue weighted by atomic mass is 10.3. The number of hydrogen-bond donors (Lipinski definition) is 0. The molecule has 94 valence electrons. The molecule has 1 aromatic rings. The Morgan fingerprint density at radius 3 is 2.94 bits per heavy atom. The zero-order chi connectivity index (χ0) is 12.7. The molecule has 0 N–H and O–H groups in total. The van der Waals surface area contributed by atoms with Gasteiger partial charge in [-0.15, -0.1) is 0 Å². The highest BCUT2D eigenvalue weighted by Gasteiger charge is 2.09. The lowest BCUT2D eigenvalue weighted by Gasteiger charge is -2.05. The maximum Gasteiger partial charge on any atom is 0.336 e. The molecule has 17 heavy (non-hydrogen) atoms. The number of esters is 1. The smallest absolute Gasteiger partial charge is 0.336 e. The van der Waals surface area contributed by atoms with Crippen molar-refractivity contribution in [3.05, 3.63) is 24.5 Å². The molecule has 0 aliphatic carbocycles. The van der Waals surface area contributed by atoms with E-state index in [1.165, 1.54) is 0 Å². The second-order valence-electron chi connectivity index (χ2n) is 3.55. The van der Waals surface area contributed by atoms with E-state index in [4.69, 9.17) is 9.47 Å². The van der Waals surface area contributed by atoms with Crippen molar-refractivity contribution >= 4 is 5.97 Å². The molecule has 0 fully saturated rings. The number of rotatable bonds is 7. The second kappa shape index (κ2) is 6.73. The number of hydrogen-bond acceptors (Lipinski definition) is 4. The van der Waals surface area contributed by atoms with Gasteiger partial charge < -0.3 is 9.47 Å². The molecule has 1 aromatic heterocycles. The highest BCUT2D eigenvalue weighted by Crippen LogP contribution is 2.10. The van der Waals surface area contributed by atoms with E-state index in [1.807, 2.05) is 0 Å². The molecule has 0 amide bonds. The third-order valence-corrected chi connectivity index (χ3v) is 2.04. The second-order valence-corrected chi connectivity index (χ2v) is 3.55. The van der Waals surface area contributed by atoms with Gasteiger partial charge in [-0.25, -0.2) is 4.79 Å². The Kier molecular flexibility index (Phi) is 5.26. The zero-order valence-electron chi connectivity index (χ0n) is 10.3. The number of aryl methyl sites for hydroxylation is 1. The van der Waals surface area contributed by atoms with Crippen molar-refractivity contribution in [2.75, 3.05) is 13.2 Å². The minimum Gasteiger partial charge on any atom is -0.485 e. The van der Waals surface area contributed by atoms with Crippen LogP contribution in [0.1, 0.15) is 20.3 Å². The van der Waals surface area contributed by atoms with Gasteiger partial charge in [0.05, 0.1) is 24.6 Å². The minimum atomic E-state index is -0.423. The average molecular weight is 238 g/mol. The van der Waals surface area contributed by atoms with Crippen LogP contribution in [-0.2, 0) is 16.1 Å². The number of nitrogens with zero attached hydrogens (tertiary/aromatic N) is 2. The Hall–Kier alpha value is -1.78. The van der Waals surface area contributed by atoms with Gasteiger partial charge in [0, 0.05) is 6.54 Å². The van der Waals surface area contributed by atoms with E-state index in [0.29, 0.717) is 17.9 Å². The van der Waals surface area contributed by atoms with Gasteiger partial charge >= 0.3 is 5.97 Å². The standard InChI is InChI=1S/C12H18N2O3/c1-4-6-14-8-11(7-13-14)17-9-10(3)12(15)16-5-2/h7-8H,3-6,9H2,1-2H3. The van der Waals surface area contributed by atoms with Gasteiger partial charge in [-0.1, -0.05) is 13.5 Å². The van der Waals surface area contributed by atoms with Gasteiger partial charge in [0.25, 0.3) is 0 Å². The molecule has 5 nitrogen and oxygen atoms in total. The first-order valence-corrected chi connectivity index (χ1v) is 5.67. The van der Waals surface area contributed by atoms with Crippen LogP contribution < -0.4 is 4.74 Å². The molecule has 5 heteroatoms. The van der Waals surface area contributed by atoms with Gasteiger partial charge in [0.2, 0.25) is 0 Å². The normalized spacial score (nSPS) is 10.0. The molecule has 0 spiro atoms. The van der Waals surface area contributed by atoms with Crippen LogP contribution in [0.25, 0.3) is 0 Å². The molecule has 0 bridgehead atoms. The lowest BCUT2D eigenvalue weighted by molar-refractivity contribution is -0.138. The molecule has 1 heterocycles. The van der Waals surface area contributed by atoms with Gasteiger partial charge in [-0.05, 0) is 13.3 Å². The van der Waals surface area contributed by atoms with E-state index >= 15 is 0 Å². The molecule has 1 rings (SSSR count). The first kappa shape index (κ1) is 13.3. The molecule has 0 unspecified atom stereocenters. The number of aromatic nitrogens is 2. The maximum absolute atomic E-state index is 11.2. The Labute approximate surface area is 101 Å². The summed E-state index contributed by atoms with van der Waals surface area (Å²) in [5.74, 6) is 0.206. The van der Waals surface area contributed by atoms with Crippen molar-refractivity contribution in [1.82, 2.24) is 9.78 Å². The van der Waals surface area contributed by atoms with E-state index in [9.17, 15) is 4.79 Å². The van der Waals surface area contributed by atoms with E-state index in [1.54, 1.807) is 24.0 Å². The molecule has 0 radical (unpaired) electrons. The predicted molar refractivity (Wildman–Crippen MR) is 63.8 cm³/mol. The Morgan fingerprint density at radius 2 is 2.29 bits per heavy atom. The molecule has 0 saturated carbocycles. The SMILES string of the molecule is C=C(COc1cnn(CCC)c1)C(=O)OCC. The summed E-state index contributed by atoms with van der Waals surface area (Å²) in [4.78, 5) is 11.2. The third-order valence-electron chi connectivity index (χ3n) is 2.04. The predicted octanol–water partition coefficient (Wildman–Crippen LogP) is 1.79. The Balaban J connectivity index is 2.39. The van der Waals surface area contributed by atoms with Crippen LogP contribution in [-0.4, -0.2) is 29.0 Å². The maximum atomic E-state index is 11.2. The summed E-state index contributed by atoms with van der Waals surface area (Å²) in [6.45, 7) is 8.74. The van der Waals surface area contributed by atoms with Crippen LogP contribution in [0.3, 0.4) is 0 Å². The molecule has 0 aromatic carbocycles. The Morgan fingerprint density at radius 1 is 1.53 bits per heavy atom. The highest BCUT2D eigenvalue weighted by atomic mass is 16.5. The van der Waals surface area contributed by atoms with E-state index in [2.05, 4.69) is 18.6 Å². The fourth-order valence-corrected chi connectivity index (χ4v) is 1.23. The van der Waals surface area contributed by atoms with Crippen LogP contribution in [0.15, 0.2) is 24.5 Å². The largest absolute Gasteiger partial charge is 0.485 e. The lowest BCUT2D eigenvalue weighted by Crippen LogP contribution is -2.13. The van der Waals surface area contributed by atoms with Gasteiger partial charge in [0.15, 0.2) is 5.75 Å². The van der Waals surface area contributed by atoms with E-state index < -0.39 is 5.97 Å². The molecular formula is C12H18N2O3. The summed E-state index contributed by atoms with van der Waals surface area (Å²) in [6, 6.07) is 0. The van der Waals surface area contributed by atoms with Crippen LogP contribution in [0.4, 0.5) is 0 Å². The topological polar surface area (TPSA) is 53.4 Å². The van der Waals surface area contributed by atoms with Crippen molar-refractivity contribution in [1.29, 1.82) is 0 Å². The minimum absolute atomic E-state index is 0.122. The number of ether oxygens (including phenoxy) is 2. The van der Waals surface area contributed by atoms with Crippen molar-refractivity contribution < 1.29 is 14.3 Å². The van der Waals surface area contributed by atoms with Gasteiger partial charge in [0.1, 0.15) is 6.61 Å². The summed E-state index contributed by atoms with van der Waals surface area (Å²) in [5.41, 5.74) is 0.301. The Bertz CT molecular complexity index is 385. The van der Waals surface area contributed by atoms with E-state index in [-0.39, 0.29) is 6.61 Å². The van der Waals surface area contributed by atoms with Gasteiger partial charge in [-0.3, -0.25) is 4.68 Å². The van der Waals surface area contributed by atoms with Crippen LogP contribution >= 0.6 is 0 Å². The summed E-state index contributed by atoms with van der Waals surface area (Å²) < 4.78 is 12.0. The van der Waals surface area contributed by atoms with Crippen molar-refractivity contribution in [3.63, 3.8) is 0 Å². The fourth-order valence-electron chi connectivity index (χ4n) is 1.23. The summed E-state index contributed by atoms with van der Waals surface area (Å²) in [5, 5.41) is 4.11. The highest BCUT2D eigenvalue weighted by molar-refractivity contribution is 5.87. The van der Waals surface area contributed by atoms with Crippen LogP contribution in [0.5, 0.6) is 5.75 Å². The molecule has 0 aliphatic rings. The molecular weight excluding hydrogens is 220 g/mol. The number of carbonyl (C=O) groups excluding carboxylic acids is 1. The van der Waals surface area contributed by atoms with Crippen molar-refractivity contribution in [2.24, 2.45) is 0 Å². The van der Waals surface area contributed by atoms with Crippen LogP contribution in [0, 0.1) is 0 Å². The van der Waals surface area contributed by atoms with E-state index in [0.717, 1.165) is 13.0 Å². The fraction of sp³-hybridized carbons (Fsp3) is 0.500. The summed E-state index contributed by atoms with van der Waals surface area (Å²) in [6.07, 6.45) is 4.42. The van der Waals surface area contributed by atoms with Crippen molar-refractivity contribution in [3.8, 4) is 5.75 Å². The third kappa shape index (κ3) is 4.30. The molecule has 0 saturated heterocycles. The number of carbonyl (C=O) groups is 1. The average Bonchev–Trinajstić information content (AvgIpc) is 2.74. The molecule has 0 aliphatic heterocycles. The van der Waals surface area contributed by atoms with Gasteiger partial charge in [-0.2, -0.15) is 5.10 Å². The quantitative estimate of drug-likeness (QED) is 0.537. The zero-order valence-corrected chi connectivity index (χ0v) is 10.3. The first-order valence-electron chi connectivity index (χ1n) is 5.67. The van der Waals surface area contributed by atoms with Crippen molar-refractivity contribution in [2.45, 2.75) is 26.8 Å². The summed E-state index contributed by atoms with van der Waals surface area (Å²) in [7, 11) is 0. The van der Waals surface area contributed by atoms with Crippen LogP contribution in [0.2, 0.25) is 0 Å².